The lowest BCUT2D eigenvalue weighted by Gasteiger charge is -2.63. The molecule has 9 aliphatic carbocycles. The zero-order chi connectivity index (χ0) is 60.9. The van der Waals surface area contributed by atoms with Crippen LogP contribution in [-0.2, 0) is 35.5 Å². The van der Waals surface area contributed by atoms with Gasteiger partial charge in [0.05, 0.1) is 52.9 Å². The van der Waals surface area contributed by atoms with Gasteiger partial charge in [-0.25, -0.2) is 0 Å². The van der Waals surface area contributed by atoms with Crippen LogP contribution in [0.15, 0.2) is 71.3 Å². The van der Waals surface area contributed by atoms with Crippen LogP contribution in [0.4, 0.5) is 0 Å². The summed E-state index contributed by atoms with van der Waals surface area (Å²) in [5.74, 6) is 5.57. The molecule has 474 valence electrons. The molecular weight excluding hydrogens is 1130 g/mol. The molecule has 12 atom stereocenters. The number of phenolic OH excluding ortho intramolecular Hbond substituents is 2. The van der Waals surface area contributed by atoms with Gasteiger partial charge in [-0.05, 0) is 223 Å². The Morgan fingerprint density at radius 1 is 0.500 bits per heavy atom. The third-order valence-electron chi connectivity index (χ3n) is 26.2. The molecule has 3 aromatic rings. The molecule has 3 aromatic carbocycles. The van der Waals surface area contributed by atoms with E-state index in [0.717, 1.165) is 161 Å². The summed E-state index contributed by atoms with van der Waals surface area (Å²) < 4.78 is 26.4. The SMILES string of the molecule is CC(C)(C)[Si](C)(C)Oc1ccc2c3c1OC1/C(=C/CO)CC[C@@]4(O)[C@@H](C2)N(CC2CC2)CC[C@]314.OC/C=C1/CC[C@@]2(O)[C@H]3Cc4ccc(O)c5c4[C@@]2(CCN3CC2CC2)C1O5.OC/C=C1\CC[C@@]2(O)[C@H]3Cc4ccc(O)c5c4[C@@]2(CCN3CC2CC2)C1O5. The number of aliphatic hydroxyl groups excluding tert-OH is 3. The van der Waals surface area contributed by atoms with Crippen LogP contribution in [0.25, 0.3) is 0 Å². The molecule has 3 spiro atoms. The molecule has 15 nitrogen and oxygen atoms in total. The van der Waals surface area contributed by atoms with Crippen molar-refractivity contribution in [2.45, 2.75) is 224 Å². The third kappa shape index (κ3) is 8.10. The van der Waals surface area contributed by atoms with Gasteiger partial charge in [0, 0.05) is 54.5 Å². The van der Waals surface area contributed by atoms with E-state index in [1.807, 2.05) is 30.4 Å². The predicted octanol–water partition coefficient (Wildman–Crippen LogP) is 8.30. The van der Waals surface area contributed by atoms with E-state index in [0.29, 0.717) is 24.3 Å². The highest BCUT2D eigenvalue weighted by atomic mass is 28.4. The van der Waals surface area contributed by atoms with Crippen molar-refractivity contribution >= 4 is 8.32 Å². The highest BCUT2D eigenvalue weighted by Gasteiger charge is 2.75. The molecule has 3 unspecified atom stereocenters. The Morgan fingerprint density at radius 2 is 0.830 bits per heavy atom. The van der Waals surface area contributed by atoms with Crippen molar-refractivity contribution in [2.75, 3.05) is 59.1 Å². The van der Waals surface area contributed by atoms with E-state index in [1.165, 1.54) is 60.8 Å². The number of phenols is 2. The lowest BCUT2D eigenvalue weighted by molar-refractivity contribution is -0.174. The summed E-state index contributed by atoms with van der Waals surface area (Å²) in [4.78, 5) is 7.67. The van der Waals surface area contributed by atoms with Crippen molar-refractivity contribution in [3.05, 3.63) is 105 Å². The molecule has 9 fully saturated rings. The normalized spacial score (nSPS) is 38.8. The number of likely N-dealkylation sites (tertiary alicyclic amines) is 3. The third-order valence-corrected chi connectivity index (χ3v) is 30.5. The zero-order valence-corrected chi connectivity index (χ0v) is 53.5. The molecule has 6 heterocycles. The van der Waals surface area contributed by atoms with Crippen LogP contribution in [0.2, 0.25) is 18.1 Å². The van der Waals surface area contributed by atoms with E-state index < -0.39 is 41.4 Å². The van der Waals surface area contributed by atoms with Gasteiger partial charge in [-0.15, -0.1) is 0 Å². The first kappa shape index (κ1) is 58.6. The molecule has 0 aromatic heterocycles. The molecule has 16 heteroatoms. The number of nitrogens with zero attached hydrogens (tertiary/aromatic N) is 3. The van der Waals surface area contributed by atoms with Gasteiger partial charge < -0.3 is 59.5 Å². The van der Waals surface area contributed by atoms with Gasteiger partial charge in [-0.3, -0.25) is 14.7 Å². The monoisotopic (exact) mass is 1220 g/mol. The van der Waals surface area contributed by atoms with E-state index >= 15 is 0 Å². The summed E-state index contributed by atoms with van der Waals surface area (Å²) in [6.45, 7) is 17.5. The molecule has 6 bridgehead atoms. The molecule has 15 aliphatic rings. The maximum atomic E-state index is 12.6. The van der Waals surface area contributed by atoms with E-state index in [1.54, 1.807) is 12.1 Å². The number of ether oxygens (including phenoxy) is 3. The molecule has 6 aliphatic heterocycles. The van der Waals surface area contributed by atoms with Gasteiger partial charge in [0.25, 0.3) is 8.32 Å². The topological polar surface area (TPSA) is 208 Å². The van der Waals surface area contributed by atoms with Crippen molar-refractivity contribution in [3.63, 3.8) is 0 Å². The Hall–Kier alpha value is -4.46. The summed E-state index contributed by atoms with van der Waals surface area (Å²) in [7, 11) is -2.07. The first-order chi connectivity index (χ1) is 42.2. The summed E-state index contributed by atoms with van der Waals surface area (Å²) in [5.41, 5.74) is 6.37. The van der Waals surface area contributed by atoms with Crippen molar-refractivity contribution in [2.24, 2.45) is 17.8 Å². The van der Waals surface area contributed by atoms with Crippen LogP contribution < -0.4 is 18.6 Å². The second-order valence-corrected chi connectivity index (χ2v) is 36.2. The number of rotatable bonds is 11. The van der Waals surface area contributed by atoms with Crippen molar-refractivity contribution in [3.8, 4) is 34.5 Å². The lowest BCUT2D eigenvalue weighted by Crippen LogP contribution is -2.75. The maximum absolute atomic E-state index is 12.6. The van der Waals surface area contributed by atoms with Crippen LogP contribution in [0, 0.1) is 17.8 Å². The standard InChI is InChI=1S/C28H41NO4Si.2C22H27NO4/c1-26(2,3)34(4,5)33-21-9-8-20-16-22-28(31)12-10-19(11-15-30)25-27(28,23(20)24(21)32-25)13-14-29(22)17-18-6-7-18;2*24-10-6-14-5-7-22(26)17-11-15-3-4-16(25)19-18(15)21(22,20(14)27-19)8-9-23(17)12-13-1-2-13/h8-9,11,18,22,25,30-31H,6-7,10,12-17H2,1-5H3;2*3-4,6,13,17,20,24-26H,1-2,5,7-12H2/b19-11+;14-6+;14-6-/t22-,25?,27+,28-;2*17-,20?,21+,22-/m111/s1. The van der Waals surface area contributed by atoms with Gasteiger partial charge in [-0.2, -0.15) is 0 Å². The van der Waals surface area contributed by atoms with Crippen LogP contribution in [0.1, 0.15) is 150 Å². The number of hydrogen-bond donors (Lipinski definition) is 8. The fourth-order valence-corrected chi connectivity index (χ4v) is 21.5. The summed E-state index contributed by atoms with van der Waals surface area (Å²) in [6.07, 6.45) is 22.2. The molecule has 0 amide bonds. The van der Waals surface area contributed by atoms with E-state index in [2.05, 4.69) is 60.7 Å². The molecule has 18 rings (SSSR count). The van der Waals surface area contributed by atoms with Crippen molar-refractivity contribution in [1.82, 2.24) is 14.7 Å². The number of aromatic hydroxyl groups is 2. The largest absolute Gasteiger partial charge is 0.541 e. The Morgan fingerprint density at radius 3 is 1.16 bits per heavy atom. The Kier molecular flexibility index (Phi) is 13.5. The quantitative estimate of drug-likeness (QED) is 0.0671. The van der Waals surface area contributed by atoms with Crippen molar-refractivity contribution in [1.29, 1.82) is 0 Å². The number of aliphatic hydroxyl groups is 6. The first-order valence-corrected chi connectivity index (χ1v) is 36.9. The summed E-state index contributed by atoms with van der Waals surface area (Å²) in [5, 5.41) is 86.9. The summed E-state index contributed by atoms with van der Waals surface area (Å²) in [6, 6.07) is 12.3. The van der Waals surface area contributed by atoms with E-state index in [-0.39, 0.29) is 72.8 Å². The van der Waals surface area contributed by atoms with Gasteiger partial charge in [0.1, 0.15) is 24.1 Å². The minimum absolute atomic E-state index is 0.0114. The zero-order valence-electron chi connectivity index (χ0n) is 52.5. The fourth-order valence-electron chi connectivity index (χ4n) is 20.5. The van der Waals surface area contributed by atoms with Gasteiger partial charge in [0.15, 0.2) is 28.7 Å². The molecule has 88 heavy (non-hydrogen) atoms. The predicted molar refractivity (Wildman–Crippen MR) is 336 cm³/mol. The average Bonchev–Trinajstić information content (AvgIpc) is 1.42. The molecule has 6 saturated carbocycles. The van der Waals surface area contributed by atoms with Gasteiger partial charge >= 0.3 is 0 Å². The van der Waals surface area contributed by atoms with Crippen LogP contribution in [-0.4, -0.2) is 176 Å². The second-order valence-electron chi connectivity index (χ2n) is 31.5. The minimum Gasteiger partial charge on any atom is -0.541 e. The minimum atomic E-state index is -2.07. The van der Waals surface area contributed by atoms with Crippen LogP contribution >= 0.6 is 0 Å². The van der Waals surface area contributed by atoms with E-state index in [4.69, 9.17) is 18.6 Å². The highest BCUT2D eigenvalue weighted by Crippen LogP contribution is 2.70. The highest BCUT2D eigenvalue weighted by molar-refractivity contribution is 6.74. The van der Waals surface area contributed by atoms with Crippen LogP contribution in [0.5, 0.6) is 34.5 Å². The number of hydrogen-bond acceptors (Lipinski definition) is 15. The average molecular weight is 1220 g/mol. The number of piperidine rings is 3. The molecule has 3 saturated heterocycles. The Bertz CT molecular complexity index is 3300. The van der Waals surface area contributed by atoms with Gasteiger partial charge in [-0.1, -0.05) is 57.2 Å². The second kappa shape index (κ2) is 20.3. The first-order valence-electron chi connectivity index (χ1n) is 34.0. The van der Waals surface area contributed by atoms with Crippen LogP contribution in [0.3, 0.4) is 0 Å². The fraction of sp³-hybridized carbons (Fsp3) is 0.667. The molecule has 8 N–H and O–H groups in total. The lowest BCUT2D eigenvalue weighted by atomic mass is 9.48. The Labute approximate surface area is 520 Å². The summed E-state index contributed by atoms with van der Waals surface area (Å²) >= 11 is 0. The number of benzene rings is 3. The molecule has 0 radical (unpaired) electrons. The molecular formula is C72H95N3O12Si. The van der Waals surface area contributed by atoms with E-state index in [9.17, 15) is 40.9 Å². The Balaban J connectivity index is 0.000000107. The van der Waals surface area contributed by atoms with Crippen molar-refractivity contribution < 1.29 is 59.5 Å². The van der Waals surface area contributed by atoms with Gasteiger partial charge in [0.2, 0.25) is 0 Å². The maximum Gasteiger partial charge on any atom is 0.250 e. The smallest absolute Gasteiger partial charge is 0.250 e.